The van der Waals surface area contributed by atoms with Crippen LogP contribution in [-0.4, -0.2) is 34.3 Å². The van der Waals surface area contributed by atoms with Gasteiger partial charge in [-0.25, -0.2) is 14.2 Å². The van der Waals surface area contributed by atoms with Crippen molar-refractivity contribution in [3.8, 4) is 0 Å². The second-order valence-corrected chi connectivity index (χ2v) is 6.79. The number of hydrogen-bond donors (Lipinski definition) is 2. The number of fused-ring (bicyclic) bond motifs is 1. The van der Waals surface area contributed by atoms with Gasteiger partial charge < -0.3 is 5.32 Å². The highest BCUT2D eigenvalue weighted by Gasteiger charge is 2.14. The first-order valence-corrected chi connectivity index (χ1v) is 9.35. The second-order valence-electron chi connectivity index (χ2n) is 5.85. The highest BCUT2D eigenvalue weighted by atomic mass is 32.2. The van der Waals surface area contributed by atoms with Crippen LogP contribution < -0.4 is 16.2 Å². The number of rotatable bonds is 5. The third kappa shape index (κ3) is 4.55. The Labute approximate surface area is 164 Å². The van der Waals surface area contributed by atoms with Gasteiger partial charge in [-0.05, 0) is 29.8 Å². The van der Waals surface area contributed by atoms with Crippen LogP contribution in [0.25, 0.3) is 10.9 Å². The monoisotopic (exact) mass is 400 g/mol. The standard InChI is InChI=1S/C19H17FN4O3S/c1-21-18(27)23-16(25)11-28-19-22-15-5-3-2-4-14(15)17(26)24(19)10-12-6-8-13(20)9-7-12/h2-9H,10-11H2,1H3,(H2,21,23,25,27). The Morgan fingerprint density at radius 3 is 2.57 bits per heavy atom. The Hall–Kier alpha value is -3.20. The number of nitrogens with one attached hydrogen (secondary N) is 2. The van der Waals surface area contributed by atoms with Crippen LogP contribution in [0, 0.1) is 5.82 Å². The lowest BCUT2D eigenvalue weighted by Crippen LogP contribution is -2.38. The zero-order chi connectivity index (χ0) is 20.1. The lowest BCUT2D eigenvalue weighted by molar-refractivity contribution is -0.117. The van der Waals surface area contributed by atoms with Gasteiger partial charge in [-0.15, -0.1) is 0 Å². The van der Waals surface area contributed by atoms with Crippen molar-refractivity contribution in [2.45, 2.75) is 11.7 Å². The maximum atomic E-state index is 13.2. The van der Waals surface area contributed by atoms with Gasteiger partial charge in [0.2, 0.25) is 5.91 Å². The highest BCUT2D eigenvalue weighted by Crippen LogP contribution is 2.19. The molecule has 28 heavy (non-hydrogen) atoms. The van der Waals surface area contributed by atoms with Gasteiger partial charge in [0.25, 0.3) is 5.56 Å². The summed E-state index contributed by atoms with van der Waals surface area (Å²) in [5.74, 6) is -0.977. The molecule has 3 rings (SSSR count). The molecule has 0 saturated heterocycles. The van der Waals surface area contributed by atoms with Gasteiger partial charge in [0.15, 0.2) is 5.16 Å². The lowest BCUT2D eigenvalue weighted by Gasteiger charge is -2.13. The van der Waals surface area contributed by atoms with E-state index in [1.54, 1.807) is 36.4 Å². The number of thioether (sulfide) groups is 1. The van der Waals surface area contributed by atoms with Crippen LogP contribution >= 0.6 is 11.8 Å². The SMILES string of the molecule is CNC(=O)NC(=O)CSc1nc2ccccc2c(=O)n1Cc1ccc(F)cc1. The van der Waals surface area contributed by atoms with Crippen LogP contribution in [0.3, 0.4) is 0 Å². The lowest BCUT2D eigenvalue weighted by atomic mass is 10.2. The topological polar surface area (TPSA) is 93.1 Å². The number of para-hydroxylation sites is 1. The van der Waals surface area contributed by atoms with Crippen LogP contribution in [0.1, 0.15) is 5.56 Å². The molecule has 0 atom stereocenters. The predicted octanol–water partition coefficient (Wildman–Crippen LogP) is 2.13. The normalized spacial score (nSPS) is 10.6. The van der Waals surface area contributed by atoms with Crippen molar-refractivity contribution >= 4 is 34.6 Å². The fourth-order valence-corrected chi connectivity index (χ4v) is 3.32. The predicted molar refractivity (Wildman–Crippen MR) is 105 cm³/mol. The molecule has 0 unspecified atom stereocenters. The van der Waals surface area contributed by atoms with E-state index in [1.807, 2.05) is 0 Å². The summed E-state index contributed by atoms with van der Waals surface area (Å²) in [6.45, 7) is 0.177. The molecule has 7 nitrogen and oxygen atoms in total. The van der Waals surface area contributed by atoms with Gasteiger partial charge in [0, 0.05) is 7.05 Å². The van der Waals surface area contributed by atoms with Crippen molar-refractivity contribution in [1.29, 1.82) is 0 Å². The van der Waals surface area contributed by atoms with Crippen molar-refractivity contribution < 1.29 is 14.0 Å². The smallest absolute Gasteiger partial charge is 0.321 e. The number of aromatic nitrogens is 2. The number of carbonyl (C=O) groups is 2. The average Bonchev–Trinajstić information content (AvgIpc) is 2.70. The molecule has 0 saturated carbocycles. The highest BCUT2D eigenvalue weighted by molar-refractivity contribution is 7.99. The van der Waals surface area contributed by atoms with E-state index in [9.17, 15) is 18.8 Å². The van der Waals surface area contributed by atoms with E-state index in [1.165, 1.54) is 23.7 Å². The molecule has 0 bridgehead atoms. The number of urea groups is 1. The summed E-state index contributed by atoms with van der Waals surface area (Å²) in [4.78, 5) is 40.6. The van der Waals surface area contributed by atoms with E-state index in [4.69, 9.17) is 0 Å². The van der Waals surface area contributed by atoms with Crippen LogP contribution in [0.4, 0.5) is 9.18 Å². The van der Waals surface area contributed by atoms with Crippen molar-refractivity contribution in [3.63, 3.8) is 0 Å². The third-order valence-electron chi connectivity index (χ3n) is 3.89. The van der Waals surface area contributed by atoms with E-state index in [0.29, 0.717) is 16.1 Å². The molecule has 144 valence electrons. The molecular weight excluding hydrogens is 383 g/mol. The Kier molecular flexibility index (Phi) is 6.05. The minimum atomic E-state index is -0.610. The van der Waals surface area contributed by atoms with Crippen molar-refractivity contribution in [2.75, 3.05) is 12.8 Å². The van der Waals surface area contributed by atoms with Crippen LogP contribution in [-0.2, 0) is 11.3 Å². The number of imide groups is 1. The molecule has 1 heterocycles. The maximum Gasteiger partial charge on any atom is 0.321 e. The summed E-state index contributed by atoms with van der Waals surface area (Å²) >= 11 is 1.04. The van der Waals surface area contributed by atoms with E-state index < -0.39 is 11.9 Å². The molecule has 2 N–H and O–H groups in total. The number of hydrogen-bond acceptors (Lipinski definition) is 5. The van der Waals surface area contributed by atoms with Gasteiger partial charge in [0.05, 0.1) is 23.2 Å². The van der Waals surface area contributed by atoms with Gasteiger partial charge in [-0.1, -0.05) is 36.0 Å². The minimum Gasteiger partial charge on any atom is -0.341 e. The minimum absolute atomic E-state index is 0.0956. The molecule has 0 fully saturated rings. The summed E-state index contributed by atoms with van der Waals surface area (Å²) in [6, 6.07) is 12.1. The first-order chi connectivity index (χ1) is 13.5. The number of nitrogens with zero attached hydrogens (tertiary/aromatic N) is 2. The zero-order valence-electron chi connectivity index (χ0n) is 14.9. The first kappa shape index (κ1) is 19.6. The molecule has 0 spiro atoms. The molecule has 9 heteroatoms. The quantitative estimate of drug-likeness (QED) is 0.506. The van der Waals surface area contributed by atoms with Crippen LogP contribution in [0.15, 0.2) is 58.5 Å². The molecule has 0 aliphatic carbocycles. The number of halogens is 1. The van der Waals surface area contributed by atoms with Gasteiger partial charge in [-0.2, -0.15) is 0 Å². The maximum absolute atomic E-state index is 13.2. The average molecular weight is 400 g/mol. The van der Waals surface area contributed by atoms with Crippen LogP contribution in [0.2, 0.25) is 0 Å². The summed E-state index contributed by atoms with van der Waals surface area (Å²) < 4.78 is 14.6. The molecule has 3 amide bonds. The Balaban J connectivity index is 1.94. The van der Waals surface area contributed by atoms with E-state index in [0.717, 1.165) is 17.3 Å². The van der Waals surface area contributed by atoms with Crippen LogP contribution in [0.5, 0.6) is 0 Å². The molecule has 2 aromatic carbocycles. The number of benzene rings is 2. The van der Waals surface area contributed by atoms with Crippen molar-refractivity contribution in [3.05, 3.63) is 70.3 Å². The molecule has 0 aliphatic rings. The Morgan fingerprint density at radius 1 is 1.14 bits per heavy atom. The zero-order valence-corrected chi connectivity index (χ0v) is 15.8. The fraction of sp³-hybridized carbons (Fsp3) is 0.158. The first-order valence-electron chi connectivity index (χ1n) is 8.36. The van der Waals surface area contributed by atoms with Crippen molar-refractivity contribution in [1.82, 2.24) is 20.2 Å². The summed E-state index contributed by atoms with van der Waals surface area (Å²) in [5, 5.41) is 5.24. The summed E-state index contributed by atoms with van der Waals surface area (Å²) in [5.41, 5.74) is 0.971. The third-order valence-corrected chi connectivity index (χ3v) is 4.87. The number of carbonyl (C=O) groups excluding carboxylic acids is 2. The largest absolute Gasteiger partial charge is 0.341 e. The van der Waals surface area contributed by atoms with E-state index in [2.05, 4.69) is 15.6 Å². The summed E-state index contributed by atoms with van der Waals surface area (Å²) in [7, 11) is 1.40. The fourth-order valence-electron chi connectivity index (χ4n) is 2.52. The van der Waals surface area contributed by atoms with E-state index in [-0.39, 0.29) is 23.7 Å². The molecule has 0 aliphatic heterocycles. The molecule has 0 radical (unpaired) electrons. The van der Waals surface area contributed by atoms with E-state index >= 15 is 0 Å². The molecule has 3 aromatic rings. The van der Waals surface area contributed by atoms with Crippen molar-refractivity contribution in [2.24, 2.45) is 0 Å². The molecule has 1 aromatic heterocycles. The summed E-state index contributed by atoms with van der Waals surface area (Å²) in [6.07, 6.45) is 0. The van der Waals surface area contributed by atoms with Gasteiger partial charge >= 0.3 is 6.03 Å². The Bertz CT molecular complexity index is 1080. The van der Waals surface area contributed by atoms with Gasteiger partial charge in [0.1, 0.15) is 5.82 Å². The Morgan fingerprint density at radius 2 is 1.86 bits per heavy atom. The number of amides is 3. The molecular formula is C19H17FN4O3S. The second kappa shape index (κ2) is 8.66. The van der Waals surface area contributed by atoms with Gasteiger partial charge in [-0.3, -0.25) is 19.5 Å².